The van der Waals surface area contributed by atoms with Gasteiger partial charge in [0.15, 0.2) is 0 Å². The Morgan fingerprint density at radius 2 is 1.82 bits per heavy atom. The van der Waals surface area contributed by atoms with Crippen LogP contribution in [0.2, 0.25) is 0 Å². The van der Waals surface area contributed by atoms with Crippen LogP contribution in [0.5, 0.6) is 0 Å². The van der Waals surface area contributed by atoms with Gasteiger partial charge in [0, 0.05) is 38.3 Å². The fourth-order valence-corrected chi connectivity index (χ4v) is 4.20. The lowest BCUT2D eigenvalue weighted by molar-refractivity contribution is -0.140. The summed E-state index contributed by atoms with van der Waals surface area (Å²) in [6.45, 7) is 6.43. The standard InChI is InChI=1S/C21H32N4O3/c1-3-24(15-19(26)27)18-13-17(14-18)22-21(28)20(16-7-5-4-6-8-16)25-11-9-23(2)10-12-25/h4-8,17-18,20H,3,9-15H2,1-2H3,(H,22,28)(H,26,27). The molecule has 1 atom stereocenters. The fourth-order valence-electron chi connectivity index (χ4n) is 4.20. The zero-order valence-electron chi connectivity index (χ0n) is 16.9. The van der Waals surface area contributed by atoms with Gasteiger partial charge in [0.2, 0.25) is 5.91 Å². The topological polar surface area (TPSA) is 76.1 Å². The lowest BCUT2D eigenvalue weighted by Gasteiger charge is -2.43. The molecule has 1 aromatic carbocycles. The maximum absolute atomic E-state index is 13.2. The molecule has 1 heterocycles. The lowest BCUT2D eigenvalue weighted by atomic mass is 9.85. The molecule has 2 aliphatic rings. The van der Waals surface area contributed by atoms with E-state index in [2.05, 4.69) is 22.2 Å². The summed E-state index contributed by atoms with van der Waals surface area (Å²) in [5, 5.41) is 12.3. The minimum absolute atomic E-state index is 0.0560. The summed E-state index contributed by atoms with van der Waals surface area (Å²) in [6.07, 6.45) is 1.63. The molecular formula is C21H32N4O3. The zero-order chi connectivity index (χ0) is 20.1. The number of carboxylic acids is 1. The van der Waals surface area contributed by atoms with E-state index in [1.807, 2.05) is 42.2 Å². The average molecular weight is 389 g/mol. The van der Waals surface area contributed by atoms with Crippen molar-refractivity contribution in [2.24, 2.45) is 0 Å². The number of rotatable bonds is 8. The van der Waals surface area contributed by atoms with Gasteiger partial charge in [-0.2, -0.15) is 0 Å². The number of hydrogen-bond acceptors (Lipinski definition) is 5. The van der Waals surface area contributed by atoms with E-state index < -0.39 is 5.97 Å². The summed E-state index contributed by atoms with van der Waals surface area (Å²) < 4.78 is 0. The molecule has 1 aliphatic carbocycles. The number of amides is 1. The van der Waals surface area contributed by atoms with Crippen LogP contribution in [0.15, 0.2) is 30.3 Å². The Kier molecular flexibility index (Phi) is 7.04. The minimum atomic E-state index is -0.798. The molecule has 0 spiro atoms. The number of nitrogens with one attached hydrogen (secondary N) is 1. The third-order valence-corrected chi connectivity index (χ3v) is 5.99. The van der Waals surface area contributed by atoms with Gasteiger partial charge < -0.3 is 15.3 Å². The van der Waals surface area contributed by atoms with Gasteiger partial charge in [-0.1, -0.05) is 37.3 Å². The van der Waals surface area contributed by atoms with Gasteiger partial charge in [-0.05, 0) is 32.0 Å². The molecule has 1 unspecified atom stereocenters. The Hall–Kier alpha value is -1.96. The van der Waals surface area contributed by atoms with Crippen LogP contribution in [0, 0.1) is 0 Å². The Morgan fingerprint density at radius 3 is 2.39 bits per heavy atom. The monoisotopic (exact) mass is 388 g/mol. The summed E-state index contributed by atoms with van der Waals surface area (Å²) >= 11 is 0. The van der Waals surface area contributed by atoms with Gasteiger partial charge in [-0.15, -0.1) is 0 Å². The van der Waals surface area contributed by atoms with Crippen molar-refractivity contribution in [3.63, 3.8) is 0 Å². The second-order valence-corrected chi connectivity index (χ2v) is 7.94. The highest BCUT2D eigenvalue weighted by atomic mass is 16.4. The van der Waals surface area contributed by atoms with Crippen LogP contribution in [0.4, 0.5) is 0 Å². The van der Waals surface area contributed by atoms with E-state index in [4.69, 9.17) is 5.11 Å². The van der Waals surface area contributed by atoms with Crippen LogP contribution in [-0.4, -0.2) is 90.1 Å². The molecule has 0 bridgehead atoms. The number of hydrogen-bond donors (Lipinski definition) is 2. The van der Waals surface area contributed by atoms with E-state index in [0.29, 0.717) is 6.54 Å². The normalized spacial score (nSPS) is 24.5. The minimum Gasteiger partial charge on any atom is -0.480 e. The molecule has 2 fully saturated rings. The summed E-state index contributed by atoms with van der Waals surface area (Å²) in [7, 11) is 2.11. The van der Waals surface area contributed by atoms with Crippen molar-refractivity contribution in [1.82, 2.24) is 20.0 Å². The molecule has 0 aromatic heterocycles. The molecule has 154 valence electrons. The highest BCUT2D eigenvalue weighted by molar-refractivity contribution is 5.83. The fraction of sp³-hybridized carbons (Fsp3) is 0.619. The highest BCUT2D eigenvalue weighted by Crippen LogP contribution is 2.28. The zero-order valence-corrected chi connectivity index (χ0v) is 16.9. The Balaban J connectivity index is 1.60. The van der Waals surface area contributed by atoms with Gasteiger partial charge in [-0.25, -0.2) is 0 Å². The second-order valence-electron chi connectivity index (χ2n) is 7.94. The predicted octanol–water partition coefficient (Wildman–Crippen LogP) is 1.03. The molecule has 0 radical (unpaired) electrons. The molecular weight excluding hydrogens is 356 g/mol. The quantitative estimate of drug-likeness (QED) is 0.693. The number of piperazine rings is 1. The van der Waals surface area contributed by atoms with Crippen LogP contribution in [0.25, 0.3) is 0 Å². The molecule has 28 heavy (non-hydrogen) atoms. The number of carbonyl (C=O) groups excluding carboxylic acids is 1. The largest absolute Gasteiger partial charge is 0.480 e. The number of carbonyl (C=O) groups is 2. The second kappa shape index (κ2) is 9.49. The van der Waals surface area contributed by atoms with E-state index in [-0.39, 0.29) is 30.6 Å². The Morgan fingerprint density at radius 1 is 1.18 bits per heavy atom. The molecule has 1 amide bonds. The molecule has 1 aromatic rings. The Bertz CT molecular complexity index is 655. The van der Waals surface area contributed by atoms with E-state index in [0.717, 1.165) is 44.6 Å². The number of benzene rings is 1. The first-order valence-electron chi connectivity index (χ1n) is 10.2. The van der Waals surface area contributed by atoms with Gasteiger partial charge in [-0.3, -0.25) is 19.4 Å². The summed E-state index contributed by atoms with van der Waals surface area (Å²) in [5.74, 6) is -0.742. The van der Waals surface area contributed by atoms with Crippen LogP contribution < -0.4 is 5.32 Å². The van der Waals surface area contributed by atoms with Gasteiger partial charge >= 0.3 is 5.97 Å². The van der Waals surface area contributed by atoms with Crippen LogP contribution >= 0.6 is 0 Å². The van der Waals surface area contributed by atoms with E-state index in [1.54, 1.807) is 0 Å². The third-order valence-electron chi connectivity index (χ3n) is 5.99. The van der Waals surface area contributed by atoms with Crippen molar-refractivity contribution >= 4 is 11.9 Å². The molecule has 1 aliphatic heterocycles. The SMILES string of the molecule is CCN(CC(=O)O)C1CC(NC(=O)C(c2ccccc2)N2CCN(C)CC2)C1. The molecule has 7 heteroatoms. The van der Waals surface area contributed by atoms with E-state index >= 15 is 0 Å². The Labute approximate surface area is 167 Å². The maximum Gasteiger partial charge on any atom is 0.317 e. The van der Waals surface area contributed by atoms with Crippen LogP contribution in [0.3, 0.4) is 0 Å². The highest BCUT2D eigenvalue weighted by Gasteiger charge is 2.37. The number of aliphatic carboxylic acids is 1. The van der Waals surface area contributed by atoms with Crippen molar-refractivity contribution in [3.8, 4) is 0 Å². The first-order valence-corrected chi connectivity index (χ1v) is 10.2. The van der Waals surface area contributed by atoms with Crippen molar-refractivity contribution in [1.29, 1.82) is 0 Å². The van der Waals surface area contributed by atoms with Crippen molar-refractivity contribution in [3.05, 3.63) is 35.9 Å². The smallest absolute Gasteiger partial charge is 0.317 e. The first kappa shape index (κ1) is 20.8. The molecule has 3 rings (SSSR count). The van der Waals surface area contributed by atoms with Crippen LogP contribution in [0.1, 0.15) is 31.4 Å². The van der Waals surface area contributed by atoms with Crippen LogP contribution in [-0.2, 0) is 9.59 Å². The molecule has 2 N–H and O–H groups in total. The van der Waals surface area contributed by atoms with Gasteiger partial charge in [0.25, 0.3) is 0 Å². The predicted molar refractivity (Wildman–Crippen MR) is 108 cm³/mol. The average Bonchev–Trinajstić information content (AvgIpc) is 2.65. The number of carboxylic acid groups (broad SMARTS) is 1. The molecule has 1 saturated carbocycles. The van der Waals surface area contributed by atoms with E-state index in [9.17, 15) is 9.59 Å². The van der Waals surface area contributed by atoms with Crippen molar-refractivity contribution in [2.75, 3.05) is 46.3 Å². The van der Waals surface area contributed by atoms with Gasteiger partial charge in [0.05, 0.1) is 6.54 Å². The molecule has 1 saturated heterocycles. The third kappa shape index (κ3) is 5.10. The van der Waals surface area contributed by atoms with E-state index in [1.165, 1.54) is 0 Å². The van der Waals surface area contributed by atoms with Crippen molar-refractivity contribution in [2.45, 2.75) is 37.9 Å². The maximum atomic E-state index is 13.2. The lowest BCUT2D eigenvalue weighted by Crippen LogP contribution is -2.57. The summed E-state index contributed by atoms with van der Waals surface area (Å²) in [4.78, 5) is 30.7. The summed E-state index contributed by atoms with van der Waals surface area (Å²) in [5.41, 5.74) is 1.03. The number of likely N-dealkylation sites (N-methyl/N-ethyl adjacent to an activating group) is 2. The summed E-state index contributed by atoms with van der Waals surface area (Å²) in [6, 6.07) is 10.1. The van der Waals surface area contributed by atoms with Gasteiger partial charge in [0.1, 0.15) is 6.04 Å². The number of nitrogens with zero attached hydrogens (tertiary/aromatic N) is 3. The van der Waals surface area contributed by atoms with Crippen molar-refractivity contribution < 1.29 is 14.7 Å². The molecule has 7 nitrogen and oxygen atoms in total. The first-order chi connectivity index (χ1) is 13.5.